The van der Waals surface area contributed by atoms with Gasteiger partial charge in [-0.2, -0.15) is 8.42 Å². The smallest absolute Gasteiger partial charge is 0.264 e. The number of hydrogen-bond donors (Lipinski definition) is 0. The summed E-state index contributed by atoms with van der Waals surface area (Å²) in [4.78, 5) is 2.58. The van der Waals surface area contributed by atoms with Crippen LogP contribution in [-0.2, 0) is 28.5 Å². The van der Waals surface area contributed by atoms with Crippen molar-refractivity contribution in [2.75, 3.05) is 59.0 Å². The highest BCUT2D eigenvalue weighted by Crippen LogP contribution is 1.87. The Morgan fingerprint density at radius 1 is 0.947 bits per heavy atom. The molecule has 0 fully saturated rings. The lowest BCUT2D eigenvalue weighted by Gasteiger charge is -2.06. The second-order valence-corrected chi connectivity index (χ2v) is 4.96. The van der Waals surface area contributed by atoms with Crippen molar-refractivity contribution in [1.29, 1.82) is 0 Å². The molecule has 0 aliphatic heterocycles. The molecule has 0 saturated carbocycles. The minimum atomic E-state index is -3.40. The SMILES string of the molecule is CS(=O)(=O)OCCOCCOCCOCCN=[N+]=[N-]. The highest BCUT2D eigenvalue weighted by atomic mass is 32.2. The maximum atomic E-state index is 10.6. The number of hydrogen-bond acceptors (Lipinski definition) is 7. The molecule has 0 amide bonds. The fourth-order valence-corrected chi connectivity index (χ4v) is 1.31. The molecule has 0 bridgehead atoms. The van der Waals surface area contributed by atoms with Crippen molar-refractivity contribution in [1.82, 2.24) is 0 Å². The van der Waals surface area contributed by atoms with Gasteiger partial charge in [0.25, 0.3) is 10.1 Å². The van der Waals surface area contributed by atoms with Crippen molar-refractivity contribution in [2.24, 2.45) is 5.11 Å². The van der Waals surface area contributed by atoms with Crippen LogP contribution in [0.3, 0.4) is 0 Å². The normalized spacial score (nSPS) is 11.2. The van der Waals surface area contributed by atoms with Gasteiger partial charge in [-0.15, -0.1) is 0 Å². The van der Waals surface area contributed by atoms with E-state index in [9.17, 15) is 8.42 Å². The minimum absolute atomic E-state index is 0.00134. The van der Waals surface area contributed by atoms with E-state index in [1.807, 2.05) is 0 Å². The Kier molecular flexibility index (Phi) is 11.6. The Bertz CT molecular complexity index is 355. The van der Waals surface area contributed by atoms with Crippen molar-refractivity contribution in [3.8, 4) is 0 Å². The molecule has 0 rings (SSSR count). The standard InChI is InChI=1S/C9H19N3O6S/c1-19(13,14)18-9-8-17-7-6-16-5-4-15-3-2-11-12-10/h2-9H2,1H3. The molecule has 0 spiro atoms. The average molecular weight is 297 g/mol. The lowest BCUT2D eigenvalue weighted by atomic mass is 10.7. The Morgan fingerprint density at radius 2 is 1.42 bits per heavy atom. The predicted octanol–water partition coefficient (Wildman–Crippen LogP) is 0.323. The molecule has 0 aromatic carbocycles. The Balaban J connectivity index is 3.09. The van der Waals surface area contributed by atoms with E-state index in [4.69, 9.17) is 19.7 Å². The van der Waals surface area contributed by atoms with Crippen LogP contribution in [0.4, 0.5) is 0 Å². The Hall–Kier alpha value is -0.900. The van der Waals surface area contributed by atoms with E-state index >= 15 is 0 Å². The van der Waals surface area contributed by atoms with Crippen LogP contribution in [0, 0.1) is 0 Å². The van der Waals surface area contributed by atoms with Crippen LogP contribution in [0.1, 0.15) is 0 Å². The zero-order valence-electron chi connectivity index (χ0n) is 10.9. The first kappa shape index (κ1) is 18.1. The maximum absolute atomic E-state index is 10.6. The van der Waals surface area contributed by atoms with Crippen LogP contribution in [0.2, 0.25) is 0 Å². The van der Waals surface area contributed by atoms with Crippen molar-refractivity contribution in [2.45, 2.75) is 0 Å². The van der Waals surface area contributed by atoms with E-state index < -0.39 is 10.1 Å². The van der Waals surface area contributed by atoms with Gasteiger partial charge in [-0.3, -0.25) is 4.18 Å². The molecule has 19 heavy (non-hydrogen) atoms. The summed E-state index contributed by atoms with van der Waals surface area (Å²) >= 11 is 0. The lowest BCUT2D eigenvalue weighted by Crippen LogP contribution is -2.13. The first-order valence-corrected chi connectivity index (χ1v) is 7.46. The van der Waals surface area contributed by atoms with Gasteiger partial charge < -0.3 is 14.2 Å². The quantitative estimate of drug-likeness (QED) is 0.159. The van der Waals surface area contributed by atoms with Crippen LogP contribution in [0.25, 0.3) is 10.4 Å². The fourth-order valence-electron chi connectivity index (χ4n) is 0.936. The molecule has 0 N–H and O–H groups in total. The molecule has 112 valence electrons. The third-order valence-corrected chi connectivity index (χ3v) is 2.26. The van der Waals surface area contributed by atoms with Gasteiger partial charge in [-0.25, -0.2) is 0 Å². The number of azide groups is 1. The van der Waals surface area contributed by atoms with Gasteiger partial charge >= 0.3 is 0 Å². The van der Waals surface area contributed by atoms with Crippen LogP contribution < -0.4 is 0 Å². The third kappa shape index (κ3) is 17.1. The van der Waals surface area contributed by atoms with Gasteiger partial charge in [0.1, 0.15) is 0 Å². The van der Waals surface area contributed by atoms with Gasteiger partial charge in [0.05, 0.1) is 52.5 Å². The predicted molar refractivity (Wildman–Crippen MR) is 67.3 cm³/mol. The number of ether oxygens (including phenoxy) is 3. The second kappa shape index (κ2) is 12.2. The third-order valence-electron chi connectivity index (χ3n) is 1.67. The van der Waals surface area contributed by atoms with E-state index in [0.717, 1.165) is 6.26 Å². The molecule has 0 heterocycles. The molecule has 0 saturated heterocycles. The Labute approximate surface area is 112 Å². The molecule has 0 aromatic heterocycles. The van der Waals surface area contributed by atoms with Gasteiger partial charge in [-0.1, -0.05) is 5.11 Å². The summed E-state index contributed by atoms with van der Waals surface area (Å²) in [5, 5.41) is 3.30. The van der Waals surface area contributed by atoms with Gasteiger partial charge in [0.15, 0.2) is 0 Å². The summed E-state index contributed by atoms with van der Waals surface area (Å²) in [6, 6.07) is 0. The maximum Gasteiger partial charge on any atom is 0.264 e. The van der Waals surface area contributed by atoms with E-state index in [-0.39, 0.29) is 13.2 Å². The van der Waals surface area contributed by atoms with E-state index in [2.05, 4.69) is 14.2 Å². The van der Waals surface area contributed by atoms with Crippen molar-refractivity contribution < 1.29 is 26.8 Å². The first-order chi connectivity index (χ1) is 9.06. The number of nitrogens with zero attached hydrogens (tertiary/aromatic N) is 3. The van der Waals surface area contributed by atoms with Crippen LogP contribution in [0.15, 0.2) is 5.11 Å². The van der Waals surface area contributed by atoms with Gasteiger partial charge in [0, 0.05) is 11.5 Å². The van der Waals surface area contributed by atoms with Gasteiger partial charge in [0.2, 0.25) is 0 Å². The zero-order valence-corrected chi connectivity index (χ0v) is 11.7. The molecule has 9 nitrogen and oxygen atoms in total. The fraction of sp³-hybridized carbons (Fsp3) is 1.00. The largest absolute Gasteiger partial charge is 0.379 e. The van der Waals surface area contributed by atoms with Crippen molar-refractivity contribution >= 4 is 10.1 Å². The van der Waals surface area contributed by atoms with Crippen LogP contribution >= 0.6 is 0 Å². The highest BCUT2D eigenvalue weighted by molar-refractivity contribution is 7.85. The van der Waals surface area contributed by atoms with E-state index in [0.29, 0.717) is 39.6 Å². The van der Waals surface area contributed by atoms with E-state index in [1.165, 1.54) is 0 Å². The van der Waals surface area contributed by atoms with Crippen molar-refractivity contribution in [3.63, 3.8) is 0 Å². The summed E-state index contributed by atoms with van der Waals surface area (Å²) in [6.07, 6.45) is 0.984. The van der Waals surface area contributed by atoms with Crippen LogP contribution in [-0.4, -0.2) is 67.5 Å². The highest BCUT2D eigenvalue weighted by Gasteiger charge is 2.00. The summed E-state index contributed by atoms with van der Waals surface area (Å²) in [5.41, 5.74) is 7.99. The van der Waals surface area contributed by atoms with Crippen LogP contribution in [0.5, 0.6) is 0 Å². The number of rotatable bonds is 13. The molecular weight excluding hydrogens is 278 g/mol. The topological polar surface area (TPSA) is 120 Å². The summed E-state index contributed by atoms with van der Waals surface area (Å²) < 4.78 is 41.0. The van der Waals surface area contributed by atoms with Gasteiger partial charge in [-0.05, 0) is 5.53 Å². The lowest BCUT2D eigenvalue weighted by molar-refractivity contribution is 0.0110. The summed E-state index contributed by atoms with van der Waals surface area (Å²) in [7, 11) is -3.40. The molecule has 0 aromatic rings. The molecule has 0 radical (unpaired) electrons. The zero-order chi connectivity index (χ0) is 14.4. The Morgan fingerprint density at radius 3 is 1.89 bits per heavy atom. The monoisotopic (exact) mass is 297 g/mol. The van der Waals surface area contributed by atoms with Crippen molar-refractivity contribution in [3.05, 3.63) is 10.4 Å². The molecule has 0 aliphatic rings. The molecule has 10 heteroatoms. The first-order valence-electron chi connectivity index (χ1n) is 5.65. The molecule has 0 atom stereocenters. The summed E-state index contributed by atoms with van der Waals surface area (Å²) in [6.45, 7) is 2.44. The molecule has 0 aliphatic carbocycles. The molecule has 0 unspecified atom stereocenters. The molecular formula is C9H19N3O6S. The van der Waals surface area contributed by atoms with E-state index in [1.54, 1.807) is 0 Å². The summed E-state index contributed by atoms with van der Waals surface area (Å²) in [5.74, 6) is 0. The minimum Gasteiger partial charge on any atom is -0.379 e. The second-order valence-electron chi connectivity index (χ2n) is 3.32. The average Bonchev–Trinajstić information content (AvgIpc) is 2.34.